The highest BCUT2D eigenvalue weighted by Gasteiger charge is 2.28. The summed E-state index contributed by atoms with van der Waals surface area (Å²) < 4.78 is 28.7. The average Bonchev–Trinajstić information content (AvgIpc) is 2.91. The van der Waals surface area contributed by atoms with Crippen molar-refractivity contribution in [1.82, 2.24) is 5.32 Å². The number of fused-ring (bicyclic) bond motifs is 1. The minimum Gasteiger partial charge on any atom is -0.496 e. The van der Waals surface area contributed by atoms with Gasteiger partial charge in [0, 0.05) is 6.54 Å². The Morgan fingerprint density at radius 1 is 1.30 bits per heavy atom. The van der Waals surface area contributed by atoms with Gasteiger partial charge in [-0.05, 0) is 30.7 Å². The number of methoxy groups -OCH3 is 1. The Hall–Kier alpha value is -2.52. The first-order chi connectivity index (χ1) is 10.8. The van der Waals surface area contributed by atoms with Crippen molar-refractivity contribution < 1.29 is 17.9 Å². The number of aliphatic imine (C=N–C) groups is 2. The monoisotopic (exact) mass is 334 g/mol. The van der Waals surface area contributed by atoms with E-state index in [1.165, 1.54) is 13.2 Å². The number of carbonyl (C=O) groups excluding carboxylic acids is 1. The number of nitrogens with zero attached hydrogens (tertiary/aromatic N) is 2. The fourth-order valence-electron chi connectivity index (χ4n) is 2.42. The van der Waals surface area contributed by atoms with E-state index in [-0.39, 0.29) is 22.3 Å². The number of primary sulfonamides is 1. The zero-order valence-electron chi connectivity index (χ0n) is 12.5. The molecule has 8 nitrogen and oxygen atoms in total. The smallest absolute Gasteiger partial charge is 0.272 e. The highest BCUT2D eigenvalue weighted by molar-refractivity contribution is 7.89. The summed E-state index contributed by atoms with van der Waals surface area (Å²) in [6, 6.07) is 2.91. The van der Waals surface area contributed by atoms with Gasteiger partial charge in [0.15, 0.2) is 11.5 Å². The van der Waals surface area contributed by atoms with Gasteiger partial charge in [-0.1, -0.05) is 0 Å². The number of amidine groups is 1. The fraction of sp³-hybridized carbons (Fsp3) is 0.214. The van der Waals surface area contributed by atoms with Gasteiger partial charge in [-0.2, -0.15) is 0 Å². The Kier molecular flexibility index (Phi) is 3.53. The molecule has 2 aliphatic heterocycles. The number of hydrogen-bond donors (Lipinski definition) is 2. The molecule has 0 bridgehead atoms. The Morgan fingerprint density at radius 3 is 2.65 bits per heavy atom. The van der Waals surface area contributed by atoms with Crippen LogP contribution in [-0.2, 0) is 14.8 Å². The topological polar surface area (TPSA) is 123 Å². The van der Waals surface area contributed by atoms with Crippen LogP contribution in [0.4, 0.5) is 0 Å². The van der Waals surface area contributed by atoms with Gasteiger partial charge in [0.1, 0.15) is 5.75 Å². The number of ether oxygens (including phenoxy) is 1. The van der Waals surface area contributed by atoms with Gasteiger partial charge in [0.25, 0.3) is 5.91 Å². The Morgan fingerprint density at radius 2 is 2.04 bits per heavy atom. The van der Waals surface area contributed by atoms with Crippen LogP contribution in [0.2, 0.25) is 0 Å². The Balaban J connectivity index is 2.19. The lowest BCUT2D eigenvalue weighted by Gasteiger charge is -2.11. The molecule has 23 heavy (non-hydrogen) atoms. The van der Waals surface area contributed by atoms with E-state index < -0.39 is 10.0 Å². The number of aryl methyl sites for hydroxylation is 1. The highest BCUT2D eigenvalue weighted by Crippen LogP contribution is 2.29. The van der Waals surface area contributed by atoms with Crippen molar-refractivity contribution >= 4 is 27.5 Å². The Labute approximate surface area is 132 Å². The first-order valence-electron chi connectivity index (χ1n) is 6.69. The molecule has 0 fully saturated rings. The van der Waals surface area contributed by atoms with E-state index in [4.69, 9.17) is 9.88 Å². The normalized spacial score (nSPS) is 17.0. The van der Waals surface area contributed by atoms with E-state index in [2.05, 4.69) is 15.3 Å². The second-order valence-electron chi connectivity index (χ2n) is 5.06. The van der Waals surface area contributed by atoms with Crippen molar-refractivity contribution in [2.45, 2.75) is 11.8 Å². The lowest BCUT2D eigenvalue weighted by atomic mass is 10.1. The van der Waals surface area contributed by atoms with Crippen LogP contribution in [0.1, 0.15) is 11.1 Å². The molecular weight excluding hydrogens is 320 g/mol. The molecular formula is C14H14N4O4S. The Bertz CT molecular complexity index is 913. The number of carbonyl (C=O) groups is 1. The van der Waals surface area contributed by atoms with Crippen molar-refractivity contribution in [2.75, 3.05) is 13.7 Å². The molecule has 0 saturated carbocycles. The van der Waals surface area contributed by atoms with Gasteiger partial charge in [0.05, 0.1) is 23.3 Å². The largest absolute Gasteiger partial charge is 0.496 e. The summed E-state index contributed by atoms with van der Waals surface area (Å²) in [5.41, 5.74) is 1.47. The molecule has 1 amide bonds. The van der Waals surface area contributed by atoms with E-state index in [1.54, 1.807) is 19.1 Å². The summed E-state index contributed by atoms with van der Waals surface area (Å²) in [5.74, 6) is 0.293. The third-order valence-electron chi connectivity index (χ3n) is 3.50. The molecule has 0 atom stereocenters. The van der Waals surface area contributed by atoms with E-state index >= 15 is 0 Å². The molecule has 0 unspecified atom stereocenters. The molecule has 3 rings (SSSR count). The molecule has 1 aromatic rings. The quantitative estimate of drug-likeness (QED) is 0.799. The molecule has 120 valence electrons. The van der Waals surface area contributed by atoms with Crippen molar-refractivity contribution in [1.29, 1.82) is 0 Å². The number of hydrogen-bond acceptors (Lipinski definition) is 6. The number of benzene rings is 1. The van der Waals surface area contributed by atoms with E-state index in [0.29, 0.717) is 29.1 Å². The summed E-state index contributed by atoms with van der Waals surface area (Å²) in [5, 5.41) is 7.87. The molecule has 9 heteroatoms. The summed E-state index contributed by atoms with van der Waals surface area (Å²) in [4.78, 5) is 20.2. The van der Waals surface area contributed by atoms with Crippen molar-refractivity contribution in [3.63, 3.8) is 0 Å². The summed E-state index contributed by atoms with van der Waals surface area (Å²) in [7, 11) is -2.45. The van der Waals surface area contributed by atoms with E-state index in [9.17, 15) is 13.2 Å². The maximum Gasteiger partial charge on any atom is 0.272 e. The van der Waals surface area contributed by atoms with Crippen LogP contribution in [0, 0.1) is 6.92 Å². The van der Waals surface area contributed by atoms with Gasteiger partial charge in [-0.3, -0.25) is 4.79 Å². The van der Waals surface area contributed by atoms with Crippen LogP contribution >= 0.6 is 0 Å². The van der Waals surface area contributed by atoms with Crippen LogP contribution < -0.4 is 15.2 Å². The number of nitrogens with two attached hydrogens (primary N) is 1. The minimum atomic E-state index is -3.90. The van der Waals surface area contributed by atoms with Crippen LogP contribution in [0.15, 0.2) is 38.8 Å². The molecule has 3 N–H and O–H groups in total. The highest BCUT2D eigenvalue weighted by atomic mass is 32.2. The standard InChI is InChI=1S/C14H14N4O4S/c1-7-5-10(22-2)8(6-11(7)23(15,20)21)13-17-9-3-4-16-14(19)12(9)18-13/h3,5-6H,4H2,1-2H3,(H,16,19)(H2,15,20,21). The fourth-order valence-corrected chi connectivity index (χ4v) is 3.21. The average molecular weight is 334 g/mol. The molecule has 2 heterocycles. The SMILES string of the molecule is COc1cc(C)c(S(N)(=O)=O)cc1C1=NC2=CCNC(=O)C2=N1. The first kappa shape index (κ1) is 15.4. The van der Waals surface area contributed by atoms with Gasteiger partial charge in [0.2, 0.25) is 10.0 Å². The number of amides is 1. The molecule has 0 radical (unpaired) electrons. The van der Waals surface area contributed by atoms with Crippen molar-refractivity contribution in [2.24, 2.45) is 15.1 Å². The van der Waals surface area contributed by atoms with Crippen LogP contribution in [-0.4, -0.2) is 39.5 Å². The predicted molar refractivity (Wildman–Crippen MR) is 84.2 cm³/mol. The summed E-state index contributed by atoms with van der Waals surface area (Å²) in [6.07, 6.45) is 1.73. The van der Waals surface area contributed by atoms with Gasteiger partial charge in [-0.15, -0.1) is 0 Å². The van der Waals surface area contributed by atoms with Gasteiger partial charge in [-0.25, -0.2) is 23.5 Å². The predicted octanol–water partition coefficient (Wildman–Crippen LogP) is -0.134. The van der Waals surface area contributed by atoms with Crippen molar-refractivity contribution in [3.8, 4) is 5.75 Å². The number of sulfonamides is 1. The molecule has 0 spiro atoms. The lowest BCUT2D eigenvalue weighted by molar-refractivity contribution is -0.114. The van der Waals surface area contributed by atoms with Gasteiger partial charge < -0.3 is 10.1 Å². The summed E-state index contributed by atoms with van der Waals surface area (Å²) >= 11 is 0. The number of nitrogens with one attached hydrogen (secondary N) is 1. The van der Waals surface area contributed by atoms with Crippen LogP contribution in [0.5, 0.6) is 5.75 Å². The van der Waals surface area contributed by atoms with Crippen LogP contribution in [0.3, 0.4) is 0 Å². The zero-order valence-corrected chi connectivity index (χ0v) is 13.3. The molecule has 2 aliphatic rings. The second-order valence-corrected chi connectivity index (χ2v) is 6.59. The van der Waals surface area contributed by atoms with E-state index in [1.807, 2.05) is 0 Å². The van der Waals surface area contributed by atoms with Crippen molar-refractivity contribution in [3.05, 3.63) is 35.0 Å². The molecule has 0 aliphatic carbocycles. The van der Waals surface area contributed by atoms with E-state index in [0.717, 1.165) is 0 Å². The van der Waals surface area contributed by atoms with Gasteiger partial charge >= 0.3 is 0 Å². The number of rotatable bonds is 3. The summed E-state index contributed by atoms with van der Waals surface area (Å²) in [6.45, 7) is 1.99. The minimum absolute atomic E-state index is 0.0375. The third-order valence-corrected chi connectivity index (χ3v) is 4.56. The second kappa shape index (κ2) is 5.28. The maximum atomic E-state index is 11.8. The molecule has 0 aromatic heterocycles. The zero-order chi connectivity index (χ0) is 16.8. The first-order valence-corrected chi connectivity index (χ1v) is 8.24. The third kappa shape index (κ3) is 2.64. The maximum absolute atomic E-state index is 11.8. The lowest BCUT2D eigenvalue weighted by Crippen LogP contribution is -2.35. The molecule has 0 saturated heterocycles. The molecule has 1 aromatic carbocycles. The van der Waals surface area contributed by atoms with Crippen LogP contribution in [0.25, 0.3) is 0 Å².